The van der Waals surface area contributed by atoms with Crippen LogP contribution in [0, 0.1) is 0 Å². The summed E-state index contributed by atoms with van der Waals surface area (Å²) >= 11 is 6.05. The van der Waals surface area contributed by atoms with E-state index < -0.39 is 11.0 Å². The Morgan fingerprint density at radius 3 is 2.59 bits per heavy atom. The summed E-state index contributed by atoms with van der Waals surface area (Å²) < 4.78 is 10.3. The Morgan fingerprint density at radius 1 is 1.35 bits per heavy atom. The van der Waals surface area contributed by atoms with E-state index in [1.165, 1.54) is 25.7 Å². The summed E-state index contributed by atoms with van der Waals surface area (Å²) in [6, 6.07) is 0. The highest BCUT2D eigenvalue weighted by atomic mass is 35.5. The number of halogens is 1. The first kappa shape index (κ1) is 14.8. The lowest BCUT2D eigenvalue weighted by Crippen LogP contribution is -2.26. The van der Waals surface area contributed by atoms with Gasteiger partial charge in [-0.3, -0.25) is 0 Å². The van der Waals surface area contributed by atoms with Crippen molar-refractivity contribution in [3.63, 3.8) is 0 Å². The lowest BCUT2D eigenvalue weighted by atomic mass is 10.1. The normalized spacial score (nSPS) is 27.2. The lowest BCUT2D eigenvalue weighted by Gasteiger charge is -2.09. The first-order valence-corrected chi connectivity index (χ1v) is 6.96. The van der Waals surface area contributed by atoms with Crippen molar-refractivity contribution in [1.29, 1.82) is 0 Å². The van der Waals surface area contributed by atoms with E-state index in [9.17, 15) is 4.79 Å². The van der Waals surface area contributed by atoms with Gasteiger partial charge in [-0.05, 0) is 20.3 Å². The van der Waals surface area contributed by atoms with Gasteiger partial charge in [0.25, 0.3) is 5.06 Å². The quantitative estimate of drug-likeness (QED) is 0.290. The highest BCUT2D eigenvalue weighted by Gasteiger charge is 2.62. The summed E-state index contributed by atoms with van der Waals surface area (Å²) in [4.78, 5) is 11.6. The SMILES string of the molecule is CCCCCCCC1OC1(Cl)C(=O)OC(C)C. The van der Waals surface area contributed by atoms with Gasteiger partial charge in [0, 0.05) is 0 Å². The molecule has 1 saturated heterocycles. The standard InChI is InChI=1S/C13H23ClO3/c1-4-5-6-7-8-9-11-13(14,17-11)12(15)16-10(2)3/h10-11H,4-9H2,1-3H3. The average Bonchev–Trinajstić information content (AvgIpc) is 2.90. The number of hydrogen-bond donors (Lipinski definition) is 0. The summed E-state index contributed by atoms with van der Waals surface area (Å²) in [5.74, 6) is -0.437. The van der Waals surface area contributed by atoms with Crippen LogP contribution in [0.2, 0.25) is 0 Å². The lowest BCUT2D eigenvalue weighted by molar-refractivity contribution is -0.150. The van der Waals surface area contributed by atoms with Crippen molar-refractivity contribution in [3.05, 3.63) is 0 Å². The van der Waals surface area contributed by atoms with E-state index in [4.69, 9.17) is 21.1 Å². The molecule has 1 aliphatic rings. The van der Waals surface area contributed by atoms with Crippen LogP contribution < -0.4 is 0 Å². The second-order valence-corrected chi connectivity index (χ2v) is 5.47. The molecule has 100 valence electrons. The van der Waals surface area contributed by atoms with Crippen molar-refractivity contribution in [1.82, 2.24) is 0 Å². The number of epoxide rings is 1. The van der Waals surface area contributed by atoms with E-state index in [1.54, 1.807) is 13.8 Å². The second kappa shape index (κ2) is 6.60. The molecule has 0 aliphatic carbocycles. The van der Waals surface area contributed by atoms with E-state index in [0.29, 0.717) is 0 Å². The molecule has 0 amide bonds. The van der Waals surface area contributed by atoms with Crippen LogP contribution in [0.3, 0.4) is 0 Å². The summed E-state index contributed by atoms with van der Waals surface area (Å²) in [5, 5.41) is -1.19. The van der Waals surface area contributed by atoms with Gasteiger partial charge in [0.05, 0.1) is 6.10 Å². The molecule has 0 aromatic heterocycles. The van der Waals surface area contributed by atoms with Crippen molar-refractivity contribution in [2.45, 2.75) is 76.6 Å². The summed E-state index contributed by atoms with van der Waals surface area (Å²) in [5.41, 5.74) is 0. The van der Waals surface area contributed by atoms with Crippen LogP contribution in [0.1, 0.15) is 59.3 Å². The van der Waals surface area contributed by atoms with Crippen molar-refractivity contribution in [3.8, 4) is 0 Å². The van der Waals surface area contributed by atoms with Gasteiger partial charge in [-0.25, -0.2) is 4.79 Å². The number of alkyl halides is 1. The second-order valence-electron chi connectivity index (χ2n) is 4.91. The van der Waals surface area contributed by atoms with Crippen LogP contribution in [0.4, 0.5) is 0 Å². The van der Waals surface area contributed by atoms with Gasteiger partial charge in [0.1, 0.15) is 6.10 Å². The Bertz CT molecular complexity index is 255. The Hall–Kier alpha value is -0.280. The molecule has 0 aromatic rings. The molecule has 3 nitrogen and oxygen atoms in total. The van der Waals surface area contributed by atoms with Crippen LogP contribution in [0.15, 0.2) is 0 Å². The van der Waals surface area contributed by atoms with E-state index in [1.807, 2.05) is 0 Å². The third kappa shape index (κ3) is 4.47. The summed E-state index contributed by atoms with van der Waals surface area (Å²) in [6.07, 6.45) is 6.54. The minimum absolute atomic E-state index is 0.146. The van der Waals surface area contributed by atoms with E-state index in [0.717, 1.165) is 12.8 Å². The smallest absolute Gasteiger partial charge is 0.357 e. The average molecular weight is 263 g/mol. The molecule has 1 rings (SSSR count). The van der Waals surface area contributed by atoms with Crippen LogP contribution in [-0.4, -0.2) is 23.2 Å². The maximum atomic E-state index is 11.6. The van der Waals surface area contributed by atoms with Crippen LogP contribution >= 0.6 is 11.6 Å². The molecule has 2 unspecified atom stereocenters. The van der Waals surface area contributed by atoms with Gasteiger partial charge in [-0.2, -0.15) is 0 Å². The monoisotopic (exact) mass is 262 g/mol. The fourth-order valence-corrected chi connectivity index (χ4v) is 2.09. The van der Waals surface area contributed by atoms with Crippen LogP contribution in [0.25, 0.3) is 0 Å². The summed E-state index contributed by atoms with van der Waals surface area (Å²) in [7, 11) is 0. The predicted molar refractivity (Wildman–Crippen MR) is 68.1 cm³/mol. The van der Waals surface area contributed by atoms with E-state index in [-0.39, 0.29) is 12.2 Å². The molecule has 0 radical (unpaired) electrons. The van der Waals surface area contributed by atoms with Gasteiger partial charge in [0.2, 0.25) is 0 Å². The molecular formula is C13H23ClO3. The Balaban J connectivity index is 2.15. The zero-order valence-corrected chi connectivity index (χ0v) is 11.8. The van der Waals surface area contributed by atoms with Crippen molar-refractivity contribution in [2.75, 3.05) is 0 Å². The zero-order valence-electron chi connectivity index (χ0n) is 11.0. The molecule has 0 spiro atoms. The molecule has 0 bridgehead atoms. The van der Waals surface area contributed by atoms with Gasteiger partial charge < -0.3 is 9.47 Å². The highest BCUT2D eigenvalue weighted by molar-refractivity contribution is 6.35. The first-order valence-electron chi connectivity index (χ1n) is 6.58. The van der Waals surface area contributed by atoms with Gasteiger partial charge in [0.15, 0.2) is 0 Å². The van der Waals surface area contributed by atoms with Crippen LogP contribution in [0.5, 0.6) is 0 Å². The molecule has 4 heteroatoms. The van der Waals surface area contributed by atoms with Gasteiger partial charge >= 0.3 is 5.97 Å². The number of esters is 1. The molecular weight excluding hydrogens is 240 g/mol. The third-order valence-corrected chi connectivity index (χ3v) is 3.35. The van der Waals surface area contributed by atoms with Crippen LogP contribution in [-0.2, 0) is 14.3 Å². The number of carbonyl (C=O) groups is 1. The Kier molecular flexibility index (Phi) is 5.74. The molecule has 0 aromatic carbocycles. The number of hydrogen-bond acceptors (Lipinski definition) is 3. The molecule has 1 heterocycles. The molecule has 0 N–H and O–H groups in total. The van der Waals surface area contributed by atoms with Crippen molar-refractivity contribution in [2.24, 2.45) is 0 Å². The molecule has 1 aliphatic heterocycles. The number of carbonyl (C=O) groups excluding carboxylic acids is 1. The van der Waals surface area contributed by atoms with Gasteiger partial charge in [-0.15, -0.1) is 0 Å². The van der Waals surface area contributed by atoms with E-state index >= 15 is 0 Å². The van der Waals surface area contributed by atoms with Crippen molar-refractivity contribution < 1.29 is 14.3 Å². The topological polar surface area (TPSA) is 38.8 Å². The predicted octanol–water partition coefficient (Wildman–Crippen LogP) is 3.63. The Labute approximate surface area is 109 Å². The zero-order chi connectivity index (χ0) is 12.9. The number of unbranched alkanes of at least 4 members (excludes halogenated alkanes) is 4. The summed E-state index contributed by atoms with van der Waals surface area (Å²) in [6.45, 7) is 5.80. The fourth-order valence-electron chi connectivity index (χ4n) is 1.82. The fraction of sp³-hybridized carbons (Fsp3) is 0.923. The maximum absolute atomic E-state index is 11.6. The van der Waals surface area contributed by atoms with Gasteiger partial charge in [-0.1, -0.05) is 50.6 Å². The minimum atomic E-state index is -1.19. The molecule has 1 fully saturated rings. The molecule has 17 heavy (non-hydrogen) atoms. The van der Waals surface area contributed by atoms with Crippen molar-refractivity contribution >= 4 is 17.6 Å². The Morgan fingerprint density at radius 2 is 2.00 bits per heavy atom. The molecule has 0 saturated carbocycles. The highest BCUT2D eigenvalue weighted by Crippen LogP contribution is 2.45. The number of rotatable bonds is 8. The third-order valence-electron chi connectivity index (χ3n) is 2.86. The first-order chi connectivity index (χ1) is 8.00. The molecule has 2 atom stereocenters. The van der Waals surface area contributed by atoms with E-state index in [2.05, 4.69) is 6.92 Å². The maximum Gasteiger partial charge on any atom is 0.357 e. The number of ether oxygens (including phenoxy) is 2. The minimum Gasteiger partial charge on any atom is -0.460 e. The largest absolute Gasteiger partial charge is 0.460 e.